The Bertz CT molecular complexity index is 201. The van der Waals surface area contributed by atoms with Crippen LogP contribution in [-0.4, -0.2) is 23.6 Å². The Balaban J connectivity index is 1.70. The first-order valence-corrected chi connectivity index (χ1v) is 7.75. The summed E-state index contributed by atoms with van der Waals surface area (Å²) < 4.78 is 0.637. The minimum absolute atomic E-state index is 0.637. The van der Waals surface area contributed by atoms with Gasteiger partial charge in [0.25, 0.3) is 0 Å². The van der Waals surface area contributed by atoms with E-state index < -0.39 is 0 Å². The lowest BCUT2D eigenvalue weighted by molar-refractivity contribution is 0.446. The van der Waals surface area contributed by atoms with Crippen LogP contribution in [0.4, 0.5) is 0 Å². The zero-order chi connectivity index (χ0) is 10.7. The van der Waals surface area contributed by atoms with Crippen molar-refractivity contribution in [3.63, 3.8) is 0 Å². The van der Waals surface area contributed by atoms with E-state index >= 15 is 0 Å². The SMILES string of the molecule is CSC1(CNC2CCCC(C)CC2)CC1. The van der Waals surface area contributed by atoms with Gasteiger partial charge in [-0.3, -0.25) is 0 Å². The van der Waals surface area contributed by atoms with E-state index in [1.54, 1.807) is 0 Å². The standard InChI is InChI=1S/C13H25NS/c1-11-4-3-5-12(7-6-11)14-10-13(15-2)8-9-13/h11-12,14H,3-10H2,1-2H3. The minimum atomic E-state index is 0.637. The molecule has 0 bridgehead atoms. The Morgan fingerprint density at radius 2 is 2.00 bits per heavy atom. The van der Waals surface area contributed by atoms with Crippen LogP contribution >= 0.6 is 11.8 Å². The molecular formula is C13H25NS. The highest BCUT2D eigenvalue weighted by molar-refractivity contribution is 8.00. The van der Waals surface area contributed by atoms with Crippen LogP contribution < -0.4 is 5.32 Å². The molecule has 2 aliphatic rings. The van der Waals surface area contributed by atoms with Gasteiger partial charge in [-0.1, -0.05) is 19.8 Å². The van der Waals surface area contributed by atoms with Crippen molar-refractivity contribution in [2.24, 2.45) is 5.92 Å². The molecule has 1 N–H and O–H groups in total. The van der Waals surface area contributed by atoms with Gasteiger partial charge in [-0.15, -0.1) is 0 Å². The third-order valence-corrected chi connectivity index (χ3v) is 5.63. The molecule has 2 rings (SSSR count). The van der Waals surface area contributed by atoms with Crippen LogP contribution in [0.3, 0.4) is 0 Å². The molecule has 2 fully saturated rings. The van der Waals surface area contributed by atoms with Crippen LogP contribution in [0.25, 0.3) is 0 Å². The second kappa shape index (κ2) is 5.09. The van der Waals surface area contributed by atoms with E-state index in [-0.39, 0.29) is 0 Å². The second-order valence-corrected chi connectivity index (χ2v) is 6.85. The molecule has 2 heteroatoms. The number of rotatable bonds is 4. The number of nitrogens with one attached hydrogen (secondary N) is 1. The van der Waals surface area contributed by atoms with Crippen molar-refractivity contribution >= 4 is 11.8 Å². The lowest BCUT2D eigenvalue weighted by Crippen LogP contribution is -2.35. The van der Waals surface area contributed by atoms with E-state index in [1.807, 2.05) is 0 Å². The Morgan fingerprint density at radius 3 is 2.67 bits per heavy atom. The largest absolute Gasteiger partial charge is 0.313 e. The zero-order valence-electron chi connectivity index (χ0n) is 10.2. The second-order valence-electron chi connectivity index (χ2n) is 5.58. The lowest BCUT2D eigenvalue weighted by atomic mass is 10.0. The highest BCUT2D eigenvalue weighted by atomic mass is 32.2. The Kier molecular flexibility index (Phi) is 4.00. The molecule has 0 aromatic rings. The van der Waals surface area contributed by atoms with Gasteiger partial charge < -0.3 is 5.32 Å². The molecule has 0 aromatic heterocycles. The molecule has 15 heavy (non-hydrogen) atoms. The molecule has 2 atom stereocenters. The quantitative estimate of drug-likeness (QED) is 0.738. The zero-order valence-corrected chi connectivity index (χ0v) is 11.0. The van der Waals surface area contributed by atoms with Crippen LogP contribution in [0.1, 0.15) is 51.9 Å². The summed E-state index contributed by atoms with van der Waals surface area (Å²) in [6, 6.07) is 0.819. The maximum Gasteiger partial charge on any atom is 0.0282 e. The van der Waals surface area contributed by atoms with Crippen LogP contribution in [0.2, 0.25) is 0 Å². The highest BCUT2D eigenvalue weighted by Gasteiger charge is 2.41. The molecule has 0 amide bonds. The lowest BCUT2D eigenvalue weighted by Gasteiger charge is -2.20. The van der Waals surface area contributed by atoms with Crippen LogP contribution in [0.5, 0.6) is 0 Å². The van der Waals surface area contributed by atoms with E-state index in [4.69, 9.17) is 0 Å². The predicted octanol–water partition coefficient (Wildman–Crippen LogP) is 3.44. The topological polar surface area (TPSA) is 12.0 Å². The van der Waals surface area contributed by atoms with Gasteiger partial charge in [-0.05, 0) is 44.3 Å². The van der Waals surface area contributed by atoms with Crippen molar-refractivity contribution in [3.8, 4) is 0 Å². The van der Waals surface area contributed by atoms with Crippen molar-refractivity contribution in [3.05, 3.63) is 0 Å². The van der Waals surface area contributed by atoms with Gasteiger partial charge in [0.05, 0.1) is 0 Å². The summed E-state index contributed by atoms with van der Waals surface area (Å²) in [7, 11) is 0. The Labute approximate surface area is 98.8 Å². The maximum absolute atomic E-state index is 3.82. The summed E-state index contributed by atoms with van der Waals surface area (Å²) in [5, 5.41) is 3.82. The van der Waals surface area contributed by atoms with Gasteiger partial charge in [-0.2, -0.15) is 11.8 Å². The first kappa shape index (κ1) is 11.8. The van der Waals surface area contributed by atoms with Gasteiger partial charge in [-0.25, -0.2) is 0 Å². The molecular weight excluding hydrogens is 202 g/mol. The van der Waals surface area contributed by atoms with E-state index in [9.17, 15) is 0 Å². The Hall–Kier alpha value is 0.310. The maximum atomic E-state index is 3.82. The van der Waals surface area contributed by atoms with Gasteiger partial charge in [0.2, 0.25) is 0 Å². The summed E-state index contributed by atoms with van der Waals surface area (Å²) in [6.07, 6.45) is 12.3. The van der Waals surface area contributed by atoms with Gasteiger partial charge in [0, 0.05) is 17.3 Å². The van der Waals surface area contributed by atoms with E-state index in [1.165, 1.54) is 51.5 Å². The molecule has 0 radical (unpaired) electrons. The van der Waals surface area contributed by atoms with Crippen molar-refractivity contribution in [1.29, 1.82) is 0 Å². The molecule has 0 spiro atoms. The summed E-state index contributed by atoms with van der Waals surface area (Å²) in [6.45, 7) is 3.67. The third kappa shape index (κ3) is 3.39. The number of thioether (sulfide) groups is 1. The van der Waals surface area contributed by atoms with E-state index in [0.717, 1.165) is 12.0 Å². The fourth-order valence-electron chi connectivity index (χ4n) is 2.61. The monoisotopic (exact) mass is 227 g/mol. The molecule has 0 heterocycles. The third-order valence-electron chi connectivity index (χ3n) is 4.21. The predicted molar refractivity (Wildman–Crippen MR) is 69.5 cm³/mol. The first-order chi connectivity index (χ1) is 7.24. The van der Waals surface area contributed by atoms with E-state index in [0.29, 0.717) is 4.75 Å². The molecule has 0 aromatic carbocycles. The van der Waals surface area contributed by atoms with Gasteiger partial charge in [0.1, 0.15) is 0 Å². The normalized spacial score (nSPS) is 34.8. The number of hydrogen-bond donors (Lipinski definition) is 1. The summed E-state index contributed by atoms with van der Waals surface area (Å²) >= 11 is 2.07. The summed E-state index contributed by atoms with van der Waals surface area (Å²) in [4.78, 5) is 0. The van der Waals surface area contributed by atoms with Crippen molar-refractivity contribution in [2.45, 2.75) is 62.7 Å². The molecule has 0 saturated heterocycles. The fraction of sp³-hybridized carbons (Fsp3) is 1.00. The molecule has 2 aliphatic carbocycles. The fourth-order valence-corrected chi connectivity index (χ4v) is 3.35. The van der Waals surface area contributed by atoms with Crippen molar-refractivity contribution < 1.29 is 0 Å². The smallest absolute Gasteiger partial charge is 0.0282 e. The molecule has 2 unspecified atom stereocenters. The van der Waals surface area contributed by atoms with Crippen LogP contribution in [0.15, 0.2) is 0 Å². The summed E-state index contributed by atoms with van der Waals surface area (Å²) in [5.74, 6) is 0.965. The minimum Gasteiger partial charge on any atom is -0.313 e. The average molecular weight is 227 g/mol. The van der Waals surface area contributed by atoms with Crippen molar-refractivity contribution in [1.82, 2.24) is 5.32 Å². The van der Waals surface area contributed by atoms with Crippen molar-refractivity contribution in [2.75, 3.05) is 12.8 Å². The highest BCUT2D eigenvalue weighted by Crippen LogP contribution is 2.46. The number of hydrogen-bond acceptors (Lipinski definition) is 2. The van der Waals surface area contributed by atoms with Crippen LogP contribution in [0, 0.1) is 5.92 Å². The Morgan fingerprint density at radius 1 is 1.20 bits per heavy atom. The molecule has 1 nitrogen and oxygen atoms in total. The van der Waals surface area contributed by atoms with Crippen LogP contribution in [-0.2, 0) is 0 Å². The average Bonchev–Trinajstić information content (AvgIpc) is 3.02. The first-order valence-electron chi connectivity index (χ1n) is 6.53. The van der Waals surface area contributed by atoms with Gasteiger partial charge in [0.15, 0.2) is 0 Å². The molecule has 2 saturated carbocycles. The molecule has 88 valence electrons. The van der Waals surface area contributed by atoms with E-state index in [2.05, 4.69) is 30.3 Å². The summed E-state index contributed by atoms with van der Waals surface area (Å²) in [5.41, 5.74) is 0. The molecule has 0 aliphatic heterocycles. The van der Waals surface area contributed by atoms with Gasteiger partial charge >= 0.3 is 0 Å².